The highest BCUT2D eigenvalue weighted by Gasteiger charge is 2.15. The van der Waals surface area contributed by atoms with E-state index in [-0.39, 0.29) is 5.41 Å². The summed E-state index contributed by atoms with van der Waals surface area (Å²) in [6.45, 7) is 10.9. The molecule has 1 aromatic carbocycles. The maximum Gasteiger partial charge on any atom is 0.0926 e. The second-order valence-corrected chi connectivity index (χ2v) is 5.72. The van der Waals surface area contributed by atoms with Crippen LogP contribution >= 0.6 is 0 Å². The monoisotopic (exact) mass is 228 g/mol. The zero-order valence-corrected chi connectivity index (χ0v) is 11.3. The molecule has 0 spiro atoms. The number of H-pyrrole nitrogens is 1. The summed E-state index contributed by atoms with van der Waals surface area (Å²) in [5.41, 5.74) is 6.18. The van der Waals surface area contributed by atoms with Gasteiger partial charge in [0.05, 0.1) is 5.69 Å². The van der Waals surface area contributed by atoms with Crippen molar-refractivity contribution in [3.63, 3.8) is 0 Å². The van der Waals surface area contributed by atoms with Gasteiger partial charge < -0.3 is 0 Å². The van der Waals surface area contributed by atoms with Crippen LogP contribution in [-0.2, 0) is 5.41 Å². The van der Waals surface area contributed by atoms with Crippen LogP contribution in [0.15, 0.2) is 24.3 Å². The summed E-state index contributed by atoms with van der Waals surface area (Å²) in [6, 6.07) is 8.72. The molecule has 1 heterocycles. The lowest BCUT2D eigenvalue weighted by Gasteiger charge is -2.20. The molecule has 17 heavy (non-hydrogen) atoms. The van der Waals surface area contributed by atoms with Crippen molar-refractivity contribution in [2.24, 2.45) is 0 Å². The van der Waals surface area contributed by atoms with Crippen molar-refractivity contribution in [2.45, 2.75) is 40.0 Å². The minimum Gasteiger partial charge on any atom is -0.282 e. The average Bonchev–Trinajstić information content (AvgIpc) is 2.63. The third-order valence-electron chi connectivity index (χ3n) is 3.07. The maximum atomic E-state index is 4.31. The van der Waals surface area contributed by atoms with Gasteiger partial charge >= 0.3 is 0 Å². The lowest BCUT2D eigenvalue weighted by Crippen LogP contribution is -2.11. The number of aryl methyl sites for hydroxylation is 2. The normalized spacial score (nSPS) is 11.8. The van der Waals surface area contributed by atoms with Crippen LogP contribution in [0.4, 0.5) is 0 Å². The molecular formula is C15H20N2. The summed E-state index contributed by atoms with van der Waals surface area (Å²) in [7, 11) is 0. The number of hydrogen-bond acceptors (Lipinski definition) is 1. The number of hydrogen-bond donors (Lipinski definition) is 1. The molecule has 0 unspecified atom stereocenters. The second-order valence-electron chi connectivity index (χ2n) is 5.72. The first-order valence-corrected chi connectivity index (χ1v) is 6.01. The smallest absolute Gasteiger partial charge is 0.0926 e. The van der Waals surface area contributed by atoms with E-state index >= 15 is 0 Å². The molecule has 2 aromatic rings. The molecule has 0 aliphatic carbocycles. The number of benzene rings is 1. The summed E-state index contributed by atoms with van der Waals surface area (Å²) >= 11 is 0. The van der Waals surface area contributed by atoms with Gasteiger partial charge in [0.25, 0.3) is 0 Å². The molecule has 2 rings (SSSR count). The largest absolute Gasteiger partial charge is 0.282 e. The fourth-order valence-corrected chi connectivity index (χ4v) is 1.97. The average molecular weight is 228 g/mol. The van der Waals surface area contributed by atoms with Crippen molar-refractivity contribution in [1.29, 1.82) is 0 Å². The van der Waals surface area contributed by atoms with Crippen molar-refractivity contribution in [3.8, 4) is 11.3 Å². The van der Waals surface area contributed by atoms with Crippen LogP contribution < -0.4 is 0 Å². The molecular weight excluding hydrogens is 208 g/mol. The number of nitrogens with one attached hydrogen (secondary N) is 1. The van der Waals surface area contributed by atoms with Gasteiger partial charge in [0, 0.05) is 11.3 Å². The van der Waals surface area contributed by atoms with E-state index in [4.69, 9.17) is 0 Å². The number of aromatic nitrogens is 2. The van der Waals surface area contributed by atoms with Gasteiger partial charge in [0.1, 0.15) is 0 Å². The quantitative estimate of drug-likeness (QED) is 0.785. The third-order valence-corrected chi connectivity index (χ3v) is 3.07. The number of nitrogens with zero attached hydrogens (tertiary/aromatic N) is 1. The van der Waals surface area contributed by atoms with Crippen LogP contribution in [0.3, 0.4) is 0 Å². The van der Waals surface area contributed by atoms with E-state index in [0.29, 0.717) is 0 Å². The predicted molar refractivity (Wildman–Crippen MR) is 72.2 cm³/mol. The molecule has 0 bridgehead atoms. The van der Waals surface area contributed by atoms with Gasteiger partial charge in [0.2, 0.25) is 0 Å². The highest BCUT2D eigenvalue weighted by molar-refractivity contribution is 5.64. The molecule has 90 valence electrons. The first kappa shape index (κ1) is 11.9. The molecule has 0 aliphatic heterocycles. The summed E-state index contributed by atoms with van der Waals surface area (Å²) in [4.78, 5) is 0. The summed E-state index contributed by atoms with van der Waals surface area (Å²) in [5, 5.41) is 7.30. The minimum absolute atomic E-state index is 0.199. The Morgan fingerprint density at radius 1 is 1.06 bits per heavy atom. The molecule has 0 saturated heterocycles. The van der Waals surface area contributed by atoms with Crippen molar-refractivity contribution >= 4 is 0 Å². The molecule has 0 amide bonds. The number of aromatic amines is 1. The molecule has 0 radical (unpaired) electrons. The van der Waals surface area contributed by atoms with Gasteiger partial charge in [-0.25, -0.2) is 0 Å². The van der Waals surface area contributed by atoms with E-state index < -0.39 is 0 Å². The molecule has 0 fully saturated rings. The molecule has 2 nitrogen and oxygen atoms in total. The van der Waals surface area contributed by atoms with E-state index in [2.05, 4.69) is 62.2 Å². The Labute approximate surface area is 103 Å². The zero-order valence-electron chi connectivity index (χ0n) is 11.3. The highest BCUT2D eigenvalue weighted by Crippen LogP contribution is 2.28. The van der Waals surface area contributed by atoms with Crippen molar-refractivity contribution in [1.82, 2.24) is 10.2 Å². The van der Waals surface area contributed by atoms with Crippen molar-refractivity contribution in [3.05, 3.63) is 41.1 Å². The Morgan fingerprint density at radius 3 is 2.24 bits per heavy atom. The highest BCUT2D eigenvalue weighted by atomic mass is 15.1. The van der Waals surface area contributed by atoms with Crippen LogP contribution in [0.25, 0.3) is 11.3 Å². The Hall–Kier alpha value is -1.57. The number of rotatable bonds is 1. The maximum absolute atomic E-state index is 4.31. The van der Waals surface area contributed by atoms with Gasteiger partial charge in [-0.3, -0.25) is 5.10 Å². The standard InChI is InChI=1S/C15H20N2/c1-10-8-12(15(3,4)5)6-7-13(10)14-9-11(2)16-17-14/h6-9H,1-5H3,(H,16,17). The molecule has 0 saturated carbocycles. The van der Waals surface area contributed by atoms with Gasteiger partial charge in [-0.15, -0.1) is 0 Å². The van der Waals surface area contributed by atoms with Gasteiger partial charge in [-0.2, -0.15) is 5.10 Å². The van der Waals surface area contributed by atoms with Gasteiger partial charge in [-0.05, 0) is 36.5 Å². The van der Waals surface area contributed by atoms with Crippen molar-refractivity contribution in [2.75, 3.05) is 0 Å². The Bertz CT molecular complexity index is 530. The Morgan fingerprint density at radius 2 is 1.76 bits per heavy atom. The van der Waals surface area contributed by atoms with Crippen molar-refractivity contribution < 1.29 is 0 Å². The fourth-order valence-electron chi connectivity index (χ4n) is 1.97. The summed E-state index contributed by atoms with van der Waals surface area (Å²) in [5.74, 6) is 0. The molecule has 0 atom stereocenters. The third kappa shape index (κ3) is 2.41. The molecule has 1 N–H and O–H groups in total. The van der Waals surface area contributed by atoms with Crippen LogP contribution in [0.1, 0.15) is 37.6 Å². The summed E-state index contributed by atoms with van der Waals surface area (Å²) in [6.07, 6.45) is 0. The Balaban J connectivity index is 2.45. The first-order chi connectivity index (χ1) is 7.88. The lowest BCUT2D eigenvalue weighted by atomic mass is 9.85. The van der Waals surface area contributed by atoms with Crippen LogP contribution in [0, 0.1) is 13.8 Å². The van der Waals surface area contributed by atoms with Crippen LogP contribution in [0.2, 0.25) is 0 Å². The second kappa shape index (κ2) is 4.02. The minimum atomic E-state index is 0.199. The van der Waals surface area contributed by atoms with Gasteiger partial charge in [0.15, 0.2) is 0 Å². The van der Waals surface area contributed by atoms with E-state index in [1.807, 2.05) is 6.92 Å². The first-order valence-electron chi connectivity index (χ1n) is 6.01. The summed E-state index contributed by atoms with van der Waals surface area (Å²) < 4.78 is 0. The molecule has 0 aliphatic rings. The predicted octanol–water partition coefficient (Wildman–Crippen LogP) is 3.99. The van der Waals surface area contributed by atoms with Crippen LogP contribution in [0.5, 0.6) is 0 Å². The van der Waals surface area contributed by atoms with E-state index in [1.165, 1.54) is 16.7 Å². The fraction of sp³-hybridized carbons (Fsp3) is 0.400. The lowest BCUT2D eigenvalue weighted by molar-refractivity contribution is 0.590. The molecule has 2 heteroatoms. The Kier molecular flexibility index (Phi) is 2.82. The van der Waals surface area contributed by atoms with Gasteiger partial charge in [-0.1, -0.05) is 39.0 Å². The molecule has 1 aromatic heterocycles. The van der Waals surface area contributed by atoms with E-state index in [1.54, 1.807) is 0 Å². The van der Waals surface area contributed by atoms with E-state index in [9.17, 15) is 0 Å². The van der Waals surface area contributed by atoms with Crippen LogP contribution in [-0.4, -0.2) is 10.2 Å². The topological polar surface area (TPSA) is 28.7 Å². The SMILES string of the molecule is Cc1cc(-c2ccc(C(C)(C)C)cc2C)n[nH]1. The zero-order chi connectivity index (χ0) is 12.6. The van der Waals surface area contributed by atoms with E-state index in [0.717, 1.165) is 11.4 Å².